The molecule has 136 valence electrons. The smallest absolute Gasteiger partial charge is 0.280 e. The molecular formula is C18H18N2O6. The molecule has 0 aliphatic heterocycles. The number of amides is 1. The summed E-state index contributed by atoms with van der Waals surface area (Å²) in [7, 11) is 2.93. The molecule has 26 heavy (non-hydrogen) atoms. The van der Waals surface area contributed by atoms with Crippen molar-refractivity contribution >= 4 is 17.4 Å². The van der Waals surface area contributed by atoms with Crippen molar-refractivity contribution in [2.24, 2.45) is 0 Å². The van der Waals surface area contributed by atoms with Gasteiger partial charge >= 0.3 is 0 Å². The third kappa shape index (κ3) is 4.56. The van der Waals surface area contributed by atoms with Crippen LogP contribution in [-0.4, -0.2) is 37.4 Å². The summed E-state index contributed by atoms with van der Waals surface area (Å²) in [5.74, 6) is 0.175. The van der Waals surface area contributed by atoms with Crippen LogP contribution in [0.3, 0.4) is 0 Å². The second kappa shape index (κ2) is 8.61. The predicted octanol–water partition coefficient (Wildman–Crippen LogP) is 2.61. The van der Waals surface area contributed by atoms with Crippen molar-refractivity contribution in [2.45, 2.75) is 6.42 Å². The van der Waals surface area contributed by atoms with Crippen LogP contribution in [0.5, 0.6) is 11.5 Å². The maximum Gasteiger partial charge on any atom is 0.280 e. The molecule has 1 amide bonds. The van der Waals surface area contributed by atoms with Gasteiger partial charge in [-0.25, -0.2) is 0 Å². The fourth-order valence-electron chi connectivity index (χ4n) is 2.29. The van der Waals surface area contributed by atoms with Crippen LogP contribution in [0.25, 0.3) is 0 Å². The van der Waals surface area contributed by atoms with Gasteiger partial charge in [-0.3, -0.25) is 19.7 Å². The Labute approximate surface area is 149 Å². The molecule has 2 aromatic carbocycles. The van der Waals surface area contributed by atoms with Crippen LogP contribution in [0.2, 0.25) is 0 Å². The summed E-state index contributed by atoms with van der Waals surface area (Å²) in [5, 5.41) is 13.7. The van der Waals surface area contributed by atoms with Gasteiger partial charge in [-0.1, -0.05) is 0 Å². The minimum atomic E-state index is -0.622. The summed E-state index contributed by atoms with van der Waals surface area (Å²) in [5.41, 5.74) is 0.0796. The van der Waals surface area contributed by atoms with E-state index in [1.54, 1.807) is 24.3 Å². The number of hydrogen-bond donors (Lipinski definition) is 1. The number of ether oxygens (including phenoxy) is 2. The van der Waals surface area contributed by atoms with Crippen LogP contribution in [0.4, 0.5) is 5.69 Å². The number of methoxy groups -OCH3 is 2. The number of hydrogen-bond acceptors (Lipinski definition) is 6. The lowest BCUT2D eigenvalue weighted by Gasteiger charge is -2.07. The standard InChI is InChI=1S/C18H18N2O6/c1-25-13-5-3-12(4-6-13)18(22)19-10-9-17(21)15-11-14(26-2)7-8-16(15)20(23)24/h3-8,11H,9-10H2,1-2H3,(H,19,22). The van der Waals surface area contributed by atoms with Gasteiger partial charge < -0.3 is 14.8 Å². The van der Waals surface area contributed by atoms with Crippen LogP contribution >= 0.6 is 0 Å². The van der Waals surface area contributed by atoms with Gasteiger partial charge in [0.05, 0.1) is 24.7 Å². The Morgan fingerprint density at radius 2 is 1.65 bits per heavy atom. The van der Waals surface area contributed by atoms with E-state index in [-0.39, 0.29) is 30.1 Å². The molecule has 0 saturated heterocycles. The minimum Gasteiger partial charge on any atom is -0.497 e. The van der Waals surface area contributed by atoms with E-state index in [2.05, 4.69) is 5.32 Å². The number of carbonyl (C=O) groups is 2. The average molecular weight is 358 g/mol. The summed E-state index contributed by atoms with van der Waals surface area (Å²) >= 11 is 0. The Morgan fingerprint density at radius 3 is 2.23 bits per heavy atom. The zero-order valence-corrected chi connectivity index (χ0v) is 14.4. The van der Waals surface area contributed by atoms with Gasteiger partial charge in [-0.05, 0) is 36.4 Å². The SMILES string of the molecule is COc1ccc(C(=O)NCCC(=O)c2cc(OC)ccc2[N+](=O)[O-])cc1. The summed E-state index contributed by atoms with van der Waals surface area (Å²) < 4.78 is 10.0. The first-order chi connectivity index (χ1) is 12.5. The predicted molar refractivity (Wildman–Crippen MR) is 93.9 cm³/mol. The molecule has 0 unspecified atom stereocenters. The number of ketones is 1. The maximum atomic E-state index is 12.3. The van der Waals surface area contributed by atoms with Crippen LogP contribution in [0, 0.1) is 10.1 Å². The molecule has 2 rings (SSSR count). The van der Waals surface area contributed by atoms with Crippen molar-refractivity contribution in [3.05, 3.63) is 63.7 Å². The highest BCUT2D eigenvalue weighted by molar-refractivity contribution is 6.01. The molecule has 0 spiro atoms. The van der Waals surface area contributed by atoms with E-state index >= 15 is 0 Å². The normalized spacial score (nSPS) is 10.1. The molecule has 0 atom stereocenters. The second-order valence-corrected chi connectivity index (χ2v) is 5.30. The van der Waals surface area contributed by atoms with E-state index in [1.807, 2.05) is 0 Å². The molecule has 0 heterocycles. The highest BCUT2D eigenvalue weighted by Crippen LogP contribution is 2.25. The summed E-state index contributed by atoms with van der Waals surface area (Å²) in [6.07, 6.45) is -0.0735. The van der Waals surface area contributed by atoms with Gasteiger partial charge in [0.25, 0.3) is 11.6 Å². The second-order valence-electron chi connectivity index (χ2n) is 5.30. The lowest BCUT2D eigenvalue weighted by atomic mass is 10.1. The Hall–Kier alpha value is -3.42. The maximum absolute atomic E-state index is 12.3. The number of benzene rings is 2. The van der Waals surface area contributed by atoms with Crippen molar-refractivity contribution in [1.82, 2.24) is 5.32 Å². The quantitative estimate of drug-likeness (QED) is 0.441. The first-order valence-electron chi connectivity index (χ1n) is 7.74. The molecule has 0 aliphatic carbocycles. The van der Waals surface area contributed by atoms with Crippen molar-refractivity contribution in [2.75, 3.05) is 20.8 Å². The first-order valence-corrected chi connectivity index (χ1v) is 7.74. The third-order valence-electron chi connectivity index (χ3n) is 3.69. The molecule has 0 aliphatic rings. The molecule has 0 fully saturated rings. The number of nitrogens with one attached hydrogen (secondary N) is 1. The minimum absolute atomic E-state index is 0.0481. The van der Waals surface area contributed by atoms with E-state index in [0.29, 0.717) is 17.1 Å². The van der Waals surface area contributed by atoms with Crippen LogP contribution < -0.4 is 14.8 Å². The molecule has 0 aromatic heterocycles. The number of rotatable bonds is 8. The topological polar surface area (TPSA) is 108 Å². The summed E-state index contributed by atoms with van der Waals surface area (Å²) in [6, 6.07) is 10.5. The molecule has 8 nitrogen and oxygen atoms in total. The zero-order chi connectivity index (χ0) is 19.1. The van der Waals surface area contributed by atoms with Crippen molar-refractivity contribution in [3.8, 4) is 11.5 Å². The summed E-state index contributed by atoms with van der Waals surface area (Å²) in [6.45, 7) is 0.0536. The molecule has 0 saturated carbocycles. The van der Waals surface area contributed by atoms with Crippen LogP contribution in [0.15, 0.2) is 42.5 Å². The van der Waals surface area contributed by atoms with E-state index in [4.69, 9.17) is 9.47 Å². The lowest BCUT2D eigenvalue weighted by molar-refractivity contribution is -0.385. The number of Topliss-reactive ketones (excluding diaryl/α,β-unsaturated/α-hetero) is 1. The van der Waals surface area contributed by atoms with Gasteiger partial charge in [-0.15, -0.1) is 0 Å². The molecule has 0 bridgehead atoms. The van der Waals surface area contributed by atoms with Crippen LogP contribution in [0.1, 0.15) is 27.1 Å². The Balaban J connectivity index is 2.00. The monoisotopic (exact) mass is 358 g/mol. The lowest BCUT2D eigenvalue weighted by Crippen LogP contribution is -2.26. The summed E-state index contributed by atoms with van der Waals surface area (Å²) in [4.78, 5) is 34.8. The highest BCUT2D eigenvalue weighted by atomic mass is 16.6. The van der Waals surface area contributed by atoms with Gasteiger partial charge in [0.2, 0.25) is 0 Å². The third-order valence-corrected chi connectivity index (χ3v) is 3.69. The van der Waals surface area contributed by atoms with Gasteiger partial charge in [0.1, 0.15) is 11.5 Å². The van der Waals surface area contributed by atoms with Gasteiger partial charge in [0, 0.05) is 24.6 Å². The number of nitrogens with zero attached hydrogens (tertiary/aromatic N) is 1. The van der Waals surface area contributed by atoms with E-state index in [9.17, 15) is 19.7 Å². The van der Waals surface area contributed by atoms with Crippen LogP contribution in [-0.2, 0) is 0 Å². The van der Waals surface area contributed by atoms with Gasteiger partial charge in [-0.2, -0.15) is 0 Å². The fraction of sp³-hybridized carbons (Fsp3) is 0.222. The Bertz CT molecular complexity index is 817. The van der Waals surface area contributed by atoms with Crippen molar-refractivity contribution in [1.29, 1.82) is 0 Å². The molecule has 8 heteroatoms. The largest absolute Gasteiger partial charge is 0.497 e. The highest BCUT2D eigenvalue weighted by Gasteiger charge is 2.21. The van der Waals surface area contributed by atoms with Crippen molar-refractivity contribution < 1.29 is 24.0 Å². The zero-order valence-electron chi connectivity index (χ0n) is 14.4. The first kappa shape index (κ1) is 18.9. The van der Waals surface area contributed by atoms with E-state index in [0.717, 1.165) is 0 Å². The fourth-order valence-corrected chi connectivity index (χ4v) is 2.29. The molecule has 2 aromatic rings. The van der Waals surface area contributed by atoms with Gasteiger partial charge in [0.15, 0.2) is 5.78 Å². The van der Waals surface area contributed by atoms with Crippen molar-refractivity contribution in [3.63, 3.8) is 0 Å². The number of nitro groups is 1. The Morgan fingerprint density at radius 1 is 1.04 bits per heavy atom. The Kier molecular flexibility index (Phi) is 6.26. The molecule has 0 radical (unpaired) electrons. The average Bonchev–Trinajstić information content (AvgIpc) is 2.67. The molecular weight excluding hydrogens is 340 g/mol. The van der Waals surface area contributed by atoms with E-state index < -0.39 is 10.7 Å². The molecule has 1 N–H and O–H groups in total. The number of carbonyl (C=O) groups excluding carboxylic acids is 2. The van der Waals surface area contributed by atoms with E-state index in [1.165, 1.54) is 32.4 Å². The number of nitro benzene ring substituents is 1.